The minimum atomic E-state index is 0.0579. The van der Waals surface area contributed by atoms with Crippen LogP contribution in [0.5, 0.6) is 0 Å². The molecule has 112 valence electrons. The zero-order valence-electron chi connectivity index (χ0n) is 12.4. The summed E-state index contributed by atoms with van der Waals surface area (Å²) in [5, 5.41) is 7.22. The van der Waals surface area contributed by atoms with E-state index >= 15 is 0 Å². The van der Waals surface area contributed by atoms with Crippen molar-refractivity contribution in [3.05, 3.63) is 43.8 Å². The number of carbonyl (C=O) groups excluding carboxylic acids is 1. The van der Waals surface area contributed by atoms with Gasteiger partial charge in [0.15, 0.2) is 0 Å². The summed E-state index contributed by atoms with van der Waals surface area (Å²) in [5.74, 6) is 0.0579. The third-order valence-electron chi connectivity index (χ3n) is 4.09. The number of hydrogen-bond acceptors (Lipinski definition) is 4. The maximum atomic E-state index is 12.2. The van der Waals surface area contributed by atoms with E-state index in [2.05, 4.69) is 28.6 Å². The van der Waals surface area contributed by atoms with Crippen molar-refractivity contribution < 1.29 is 4.79 Å². The topological polar surface area (TPSA) is 32.3 Å². The number of rotatable bonds is 4. The number of carbonyl (C=O) groups is 1. The molecule has 1 N–H and O–H groups in total. The highest BCUT2D eigenvalue weighted by molar-refractivity contribution is 7.12. The molecule has 0 saturated heterocycles. The van der Waals surface area contributed by atoms with E-state index in [4.69, 9.17) is 0 Å². The Labute approximate surface area is 133 Å². The predicted molar refractivity (Wildman–Crippen MR) is 89.3 cm³/mol. The maximum absolute atomic E-state index is 12.2. The average molecular weight is 320 g/mol. The third-order valence-corrected chi connectivity index (χ3v) is 6.13. The van der Waals surface area contributed by atoms with Crippen LogP contribution < -0.4 is 5.32 Å². The van der Waals surface area contributed by atoms with Crippen LogP contribution in [0.25, 0.3) is 0 Å². The van der Waals surface area contributed by atoms with E-state index in [0.29, 0.717) is 12.6 Å². The molecular formula is C16H20N2OS2. The van der Waals surface area contributed by atoms with E-state index in [1.165, 1.54) is 21.8 Å². The van der Waals surface area contributed by atoms with Crippen LogP contribution in [0.3, 0.4) is 0 Å². The monoisotopic (exact) mass is 320 g/mol. The highest BCUT2D eigenvalue weighted by Crippen LogP contribution is 2.25. The Hall–Kier alpha value is -1.17. The second kappa shape index (κ2) is 6.30. The molecule has 0 radical (unpaired) electrons. The van der Waals surface area contributed by atoms with Gasteiger partial charge in [0.05, 0.1) is 4.88 Å². The zero-order valence-corrected chi connectivity index (χ0v) is 14.0. The molecule has 3 nitrogen and oxygen atoms in total. The van der Waals surface area contributed by atoms with E-state index in [9.17, 15) is 4.79 Å². The lowest BCUT2D eigenvalue weighted by molar-refractivity contribution is 0.0936. The van der Waals surface area contributed by atoms with Crippen molar-refractivity contribution in [1.82, 2.24) is 10.2 Å². The van der Waals surface area contributed by atoms with Crippen LogP contribution in [0.4, 0.5) is 0 Å². The standard InChI is InChI=1S/C16H20N2OS2/c1-11-4-7-21-15(11)16(19)17-9-12(2)18-6-3-14-13(10-18)5-8-20-14/h4-5,7-8,12H,3,6,9-10H2,1-2H3,(H,17,19). The number of aryl methyl sites for hydroxylation is 1. The van der Waals surface area contributed by atoms with Gasteiger partial charge in [0.2, 0.25) is 0 Å². The van der Waals surface area contributed by atoms with Crippen molar-refractivity contribution in [3.63, 3.8) is 0 Å². The van der Waals surface area contributed by atoms with Gasteiger partial charge in [-0.25, -0.2) is 0 Å². The van der Waals surface area contributed by atoms with Crippen molar-refractivity contribution in [2.45, 2.75) is 32.9 Å². The van der Waals surface area contributed by atoms with E-state index in [0.717, 1.165) is 30.0 Å². The molecule has 3 rings (SSSR count). The molecule has 5 heteroatoms. The molecule has 21 heavy (non-hydrogen) atoms. The van der Waals surface area contributed by atoms with E-state index in [1.807, 2.05) is 29.7 Å². The first-order valence-electron chi connectivity index (χ1n) is 7.26. The quantitative estimate of drug-likeness (QED) is 0.937. The van der Waals surface area contributed by atoms with Crippen LogP contribution in [-0.4, -0.2) is 29.9 Å². The fraction of sp³-hybridized carbons (Fsp3) is 0.438. The van der Waals surface area contributed by atoms with Gasteiger partial charge < -0.3 is 5.32 Å². The first-order valence-corrected chi connectivity index (χ1v) is 9.02. The summed E-state index contributed by atoms with van der Waals surface area (Å²) in [6, 6.07) is 4.58. The lowest BCUT2D eigenvalue weighted by atomic mass is 10.1. The molecule has 0 aromatic carbocycles. The molecule has 0 spiro atoms. The minimum absolute atomic E-state index is 0.0579. The Bertz CT molecular complexity index is 632. The lowest BCUT2D eigenvalue weighted by Gasteiger charge is -2.32. The fourth-order valence-electron chi connectivity index (χ4n) is 2.70. The molecule has 1 aliphatic rings. The summed E-state index contributed by atoms with van der Waals surface area (Å²) in [6.45, 7) is 6.97. The molecule has 0 saturated carbocycles. The predicted octanol–water partition coefficient (Wildman–Crippen LogP) is 3.29. The zero-order chi connectivity index (χ0) is 14.8. The van der Waals surface area contributed by atoms with Gasteiger partial charge in [-0.15, -0.1) is 22.7 Å². The van der Waals surface area contributed by atoms with Crippen LogP contribution in [-0.2, 0) is 13.0 Å². The number of nitrogens with one attached hydrogen (secondary N) is 1. The van der Waals surface area contributed by atoms with Crippen molar-refractivity contribution in [3.8, 4) is 0 Å². The van der Waals surface area contributed by atoms with Gasteiger partial charge in [-0.3, -0.25) is 9.69 Å². The third kappa shape index (κ3) is 3.20. The Morgan fingerprint density at radius 3 is 2.95 bits per heavy atom. The number of fused-ring (bicyclic) bond motifs is 1. The number of hydrogen-bond donors (Lipinski definition) is 1. The molecule has 3 heterocycles. The Morgan fingerprint density at radius 1 is 1.38 bits per heavy atom. The van der Waals surface area contributed by atoms with Gasteiger partial charge >= 0.3 is 0 Å². The molecule has 2 aromatic heterocycles. The smallest absolute Gasteiger partial charge is 0.261 e. The van der Waals surface area contributed by atoms with Crippen molar-refractivity contribution >= 4 is 28.6 Å². The van der Waals surface area contributed by atoms with Crippen LogP contribution in [0.1, 0.15) is 32.6 Å². The van der Waals surface area contributed by atoms with Crippen molar-refractivity contribution in [2.75, 3.05) is 13.1 Å². The molecule has 0 aliphatic carbocycles. The van der Waals surface area contributed by atoms with E-state index in [-0.39, 0.29) is 5.91 Å². The van der Waals surface area contributed by atoms with E-state index in [1.54, 1.807) is 0 Å². The first-order chi connectivity index (χ1) is 10.1. The highest BCUT2D eigenvalue weighted by atomic mass is 32.1. The van der Waals surface area contributed by atoms with Gasteiger partial charge in [0.25, 0.3) is 5.91 Å². The van der Waals surface area contributed by atoms with Crippen molar-refractivity contribution in [1.29, 1.82) is 0 Å². The second-order valence-corrected chi connectivity index (χ2v) is 7.50. The van der Waals surface area contributed by atoms with Gasteiger partial charge in [-0.2, -0.15) is 0 Å². The summed E-state index contributed by atoms with van der Waals surface area (Å²) < 4.78 is 0. The number of nitrogens with zero attached hydrogens (tertiary/aromatic N) is 1. The normalized spacial score (nSPS) is 16.5. The maximum Gasteiger partial charge on any atom is 0.261 e. The SMILES string of the molecule is Cc1ccsc1C(=O)NCC(C)N1CCc2sccc2C1. The van der Waals surface area contributed by atoms with Gasteiger partial charge in [0, 0.05) is 30.6 Å². The Morgan fingerprint density at radius 2 is 2.19 bits per heavy atom. The van der Waals surface area contributed by atoms with E-state index < -0.39 is 0 Å². The van der Waals surface area contributed by atoms with Crippen molar-refractivity contribution in [2.24, 2.45) is 0 Å². The summed E-state index contributed by atoms with van der Waals surface area (Å²) >= 11 is 3.37. The molecule has 1 aliphatic heterocycles. The Kier molecular flexibility index (Phi) is 4.42. The molecule has 1 amide bonds. The second-order valence-electron chi connectivity index (χ2n) is 5.58. The molecule has 0 fully saturated rings. The average Bonchev–Trinajstić information content (AvgIpc) is 3.11. The van der Waals surface area contributed by atoms with Crippen LogP contribution in [0, 0.1) is 6.92 Å². The molecule has 0 bridgehead atoms. The summed E-state index contributed by atoms with van der Waals surface area (Å²) in [5.41, 5.74) is 2.52. The summed E-state index contributed by atoms with van der Waals surface area (Å²) in [4.78, 5) is 17.0. The number of thiophene rings is 2. The molecular weight excluding hydrogens is 300 g/mol. The first kappa shape index (κ1) is 14.8. The highest BCUT2D eigenvalue weighted by Gasteiger charge is 2.22. The lowest BCUT2D eigenvalue weighted by Crippen LogP contribution is -2.44. The van der Waals surface area contributed by atoms with Gasteiger partial charge in [-0.1, -0.05) is 0 Å². The molecule has 1 unspecified atom stereocenters. The number of amides is 1. The van der Waals surface area contributed by atoms with Crippen LogP contribution >= 0.6 is 22.7 Å². The molecule has 2 aromatic rings. The summed E-state index contributed by atoms with van der Waals surface area (Å²) in [7, 11) is 0. The fourth-order valence-corrected chi connectivity index (χ4v) is 4.43. The van der Waals surface area contributed by atoms with Crippen LogP contribution in [0.15, 0.2) is 22.9 Å². The Balaban J connectivity index is 1.54. The van der Waals surface area contributed by atoms with Gasteiger partial charge in [0.1, 0.15) is 0 Å². The largest absolute Gasteiger partial charge is 0.350 e. The minimum Gasteiger partial charge on any atom is -0.350 e. The van der Waals surface area contributed by atoms with Gasteiger partial charge in [-0.05, 0) is 54.3 Å². The van der Waals surface area contributed by atoms with Crippen LogP contribution in [0.2, 0.25) is 0 Å². The molecule has 1 atom stereocenters. The summed E-state index contributed by atoms with van der Waals surface area (Å²) in [6.07, 6.45) is 1.13.